The summed E-state index contributed by atoms with van der Waals surface area (Å²) in [6.07, 6.45) is 2.06. The molecular formula is C16H20ClN3OS2. The zero-order valence-corrected chi connectivity index (χ0v) is 15.5. The van der Waals surface area contributed by atoms with Gasteiger partial charge < -0.3 is 10.6 Å². The minimum absolute atomic E-state index is 0. The second kappa shape index (κ2) is 8.15. The van der Waals surface area contributed by atoms with E-state index in [0.29, 0.717) is 11.0 Å². The number of halogens is 1. The van der Waals surface area contributed by atoms with Crippen LogP contribution >= 0.6 is 35.5 Å². The maximum absolute atomic E-state index is 12.2. The average molecular weight is 370 g/mol. The van der Waals surface area contributed by atoms with Gasteiger partial charge >= 0.3 is 0 Å². The number of carbonyl (C=O) groups is 1. The van der Waals surface area contributed by atoms with E-state index in [2.05, 4.69) is 46.1 Å². The summed E-state index contributed by atoms with van der Waals surface area (Å²) in [6.45, 7) is 3.84. The molecule has 1 aromatic carbocycles. The van der Waals surface area contributed by atoms with E-state index in [1.807, 2.05) is 12.3 Å². The van der Waals surface area contributed by atoms with Crippen LogP contribution < -0.4 is 10.6 Å². The van der Waals surface area contributed by atoms with Gasteiger partial charge in [0.15, 0.2) is 5.13 Å². The molecule has 2 aromatic rings. The fraction of sp³-hybridized carbons (Fsp3) is 0.375. The first kappa shape index (κ1) is 18.3. The summed E-state index contributed by atoms with van der Waals surface area (Å²) in [5.41, 5.74) is 1.98. The smallest absolute Gasteiger partial charge is 0.229 e. The lowest BCUT2D eigenvalue weighted by molar-refractivity contribution is -0.121. The van der Waals surface area contributed by atoms with Crippen LogP contribution in [0.4, 0.5) is 5.13 Å². The van der Waals surface area contributed by atoms with Crippen LogP contribution in [0.1, 0.15) is 6.92 Å². The van der Waals surface area contributed by atoms with Crippen molar-refractivity contribution in [2.75, 3.05) is 24.7 Å². The number of thioether (sulfide) groups is 1. The first-order chi connectivity index (χ1) is 10.7. The molecule has 1 saturated heterocycles. The minimum atomic E-state index is 0. The van der Waals surface area contributed by atoms with E-state index in [1.54, 1.807) is 11.8 Å². The lowest BCUT2D eigenvalue weighted by Crippen LogP contribution is -2.48. The highest BCUT2D eigenvalue weighted by atomic mass is 35.5. The van der Waals surface area contributed by atoms with Gasteiger partial charge in [-0.25, -0.2) is 4.98 Å². The molecule has 0 bridgehead atoms. The quantitative estimate of drug-likeness (QED) is 0.788. The highest BCUT2D eigenvalue weighted by molar-refractivity contribution is 7.98. The van der Waals surface area contributed by atoms with Crippen molar-refractivity contribution in [2.45, 2.75) is 11.8 Å². The summed E-state index contributed by atoms with van der Waals surface area (Å²) >= 11 is 3.19. The summed E-state index contributed by atoms with van der Waals surface area (Å²) in [5, 5.41) is 8.80. The number of benzene rings is 1. The van der Waals surface area contributed by atoms with Gasteiger partial charge in [0.1, 0.15) is 0 Å². The maximum Gasteiger partial charge on any atom is 0.229 e. The number of rotatable bonds is 5. The molecule has 4 nitrogen and oxygen atoms in total. The molecule has 1 unspecified atom stereocenters. The molecule has 0 radical (unpaired) electrons. The van der Waals surface area contributed by atoms with Gasteiger partial charge in [0.2, 0.25) is 5.91 Å². The van der Waals surface area contributed by atoms with E-state index >= 15 is 0 Å². The molecule has 23 heavy (non-hydrogen) atoms. The third-order valence-electron chi connectivity index (χ3n) is 4.05. The van der Waals surface area contributed by atoms with E-state index in [4.69, 9.17) is 0 Å². The number of anilines is 1. The Kier molecular flexibility index (Phi) is 6.47. The van der Waals surface area contributed by atoms with E-state index in [0.717, 1.165) is 24.3 Å². The molecular weight excluding hydrogens is 350 g/mol. The molecule has 1 fully saturated rings. The number of nitrogens with one attached hydrogen (secondary N) is 2. The van der Waals surface area contributed by atoms with Crippen molar-refractivity contribution in [1.82, 2.24) is 10.3 Å². The third kappa shape index (κ3) is 4.26. The Morgan fingerprint density at radius 3 is 2.65 bits per heavy atom. The van der Waals surface area contributed by atoms with Gasteiger partial charge in [-0.15, -0.1) is 35.5 Å². The molecule has 7 heteroatoms. The number of thiazole rings is 1. The second-order valence-electron chi connectivity index (χ2n) is 5.46. The Morgan fingerprint density at radius 1 is 1.39 bits per heavy atom. The summed E-state index contributed by atoms with van der Waals surface area (Å²) in [4.78, 5) is 18.0. The monoisotopic (exact) mass is 369 g/mol. The molecule has 3 rings (SSSR count). The first-order valence-electron chi connectivity index (χ1n) is 7.29. The number of hydrogen-bond donors (Lipinski definition) is 2. The lowest BCUT2D eigenvalue weighted by atomic mass is 9.88. The van der Waals surface area contributed by atoms with Crippen LogP contribution in [0.25, 0.3) is 11.3 Å². The molecule has 1 aliphatic heterocycles. The summed E-state index contributed by atoms with van der Waals surface area (Å²) in [7, 11) is 0. The fourth-order valence-corrected chi connectivity index (χ4v) is 3.45. The maximum atomic E-state index is 12.2. The molecule has 2 N–H and O–H groups in total. The summed E-state index contributed by atoms with van der Waals surface area (Å²) in [5.74, 6) is 0.526. The number of nitrogens with zero attached hydrogens (tertiary/aromatic N) is 1. The normalized spacial score (nSPS) is 15.4. The van der Waals surface area contributed by atoms with Gasteiger partial charge in [-0.2, -0.15) is 0 Å². The van der Waals surface area contributed by atoms with Crippen molar-refractivity contribution in [1.29, 1.82) is 0 Å². The van der Waals surface area contributed by atoms with Crippen molar-refractivity contribution in [3.8, 4) is 11.3 Å². The van der Waals surface area contributed by atoms with Crippen LogP contribution in [-0.4, -0.2) is 30.2 Å². The Labute approximate surface area is 150 Å². The molecule has 1 aromatic heterocycles. The molecule has 1 aliphatic rings. The largest absolute Gasteiger partial charge is 0.316 e. The zero-order valence-electron chi connectivity index (χ0n) is 13.0. The summed E-state index contributed by atoms with van der Waals surface area (Å²) < 4.78 is 0. The summed E-state index contributed by atoms with van der Waals surface area (Å²) in [6, 6.07) is 8.30. The number of amides is 1. The fourth-order valence-electron chi connectivity index (χ4n) is 2.32. The topological polar surface area (TPSA) is 54.0 Å². The van der Waals surface area contributed by atoms with Crippen molar-refractivity contribution in [2.24, 2.45) is 11.8 Å². The van der Waals surface area contributed by atoms with Crippen LogP contribution in [-0.2, 0) is 4.79 Å². The van der Waals surface area contributed by atoms with Gasteiger partial charge in [0, 0.05) is 21.8 Å². The van der Waals surface area contributed by atoms with Crippen LogP contribution in [0.15, 0.2) is 34.5 Å². The molecule has 0 saturated carbocycles. The van der Waals surface area contributed by atoms with E-state index < -0.39 is 0 Å². The van der Waals surface area contributed by atoms with Crippen molar-refractivity contribution in [3.05, 3.63) is 29.6 Å². The zero-order chi connectivity index (χ0) is 15.5. The second-order valence-corrected chi connectivity index (χ2v) is 7.20. The van der Waals surface area contributed by atoms with Gasteiger partial charge in [-0.05, 0) is 37.4 Å². The third-order valence-corrected chi connectivity index (χ3v) is 5.56. The average Bonchev–Trinajstić information content (AvgIpc) is 2.94. The molecule has 1 amide bonds. The van der Waals surface area contributed by atoms with Crippen molar-refractivity contribution >= 4 is 46.5 Å². The molecule has 0 aliphatic carbocycles. The van der Waals surface area contributed by atoms with Crippen LogP contribution in [0.3, 0.4) is 0 Å². The van der Waals surface area contributed by atoms with Gasteiger partial charge in [0.25, 0.3) is 0 Å². The van der Waals surface area contributed by atoms with E-state index in [-0.39, 0.29) is 24.2 Å². The molecule has 124 valence electrons. The lowest BCUT2D eigenvalue weighted by Gasteiger charge is -2.31. The number of carbonyl (C=O) groups excluding carboxylic acids is 1. The Bertz CT molecular complexity index is 656. The predicted octanol–water partition coefficient (Wildman–Crippen LogP) is 3.75. The van der Waals surface area contributed by atoms with E-state index in [1.165, 1.54) is 16.2 Å². The molecule has 0 spiro atoms. The molecule has 1 atom stereocenters. The first-order valence-corrected chi connectivity index (χ1v) is 9.39. The van der Waals surface area contributed by atoms with E-state index in [9.17, 15) is 4.79 Å². The Balaban J connectivity index is 0.00000192. The van der Waals surface area contributed by atoms with Crippen LogP contribution in [0.5, 0.6) is 0 Å². The SMILES string of the molecule is CSc1ccc(-c2csc(NC(=O)C(C)C3CNC3)n2)cc1.Cl. The predicted molar refractivity (Wildman–Crippen MR) is 101 cm³/mol. The van der Waals surface area contributed by atoms with Gasteiger partial charge in [0.05, 0.1) is 5.69 Å². The number of aromatic nitrogens is 1. The van der Waals surface area contributed by atoms with Crippen molar-refractivity contribution < 1.29 is 4.79 Å². The molecule has 2 heterocycles. The standard InChI is InChI=1S/C16H19N3OS2.ClH/c1-10(12-7-17-8-12)15(20)19-16-18-14(9-22-16)11-3-5-13(21-2)6-4-11;/h3-6,9-10,12,17H,7-8H2,1-2H3,(H,18,19,20);1H. The highest BCUT2D eigenvalue weighted by Crippen LogP contribution is 2.27. The highest BCUT2D eigenvalue weighted by Gasteiger charge is 2.29. The van der Waals surface area contributed by atoms with Crippen LogP contribution in [0, 0.1) is 11.8 Å². The van der Waals surface area contributed by atoms with Gasteiger partial charge in [-0.1, -0.05) is 19.1 Å². The number of hydrogen-bond acceptors (Lipinski definition) is 5. The Morgan fingerprint density at radius 2 is 2.09 bits per heavy atom. The van der Waals surface area contributed by atoms with Gasteiger partial charge in [-0.3, -0.25) is 4.79 Å². The van der Waals surface area contributed by atoms with Crippen LogP contribution in [0.2, 0.25) is 0 Å². The minimum Gasteiger partial charge on any atom is -0.316 e. The van der Waals surface area contributed by atoms with Crippen molar-refractivity contribution in [3.63, 3.8) is 0 Å². The Hall–Kier alpha value is -1.08.